The molecule has 0 spiro atoms. The molecule has 1 aromatic carbocycles. The fourth-order valence-electron chi connectivity index (χ4n) is 2.88. The zero-order valence-corrected chi connectivity index (χ0v) is 13.7. The monoisotopic (exact) mass is 316 g/mol. The minimum absolute atomic E-state index is 0.0719. The summed E-state index contributed by atoms with van der Waals surface area (Å²) in [7, 11) is 0. The van der Waals surface area contributed by atoms with E-state index in [0.29, 0.717) is 11.5 Å². The number of aromatic nitrogens is 1. The van der Waals surface area contributed by atoms with E-state index >= 15 is 0 Å². The van der Waals surface area contributed by atoms with E-state index in [4.69, 9.17) is 0 Å². The van der Waals surface area contributed by atoms with Crippen molar-refractivity contribution in [2.75, 3.05) is 13.1 Å². The van der Waals surface area contributed by atoms with Crippen LogP contribution in [-0.2, 0) is 0 Å². The number of nitrogens with zero attached hydrogens (tertiary/aromatic N) is 2. The van der Waals surface area contributed by atoms with Crippen LogP contribution in [-0.4, -0.2) is 34.0 Å². The van der Waals surface area contributed by atoms with Crippen molar-refractivity contribution < 1.29 is 9.90 Å². The molecule has 0 bridgehead atoms. The summed E-state index contributed by atoms with van der Waals surface area (Å²) in [6.07, 6.45) is 1.87. The van der Waals surface area contributed by atoms with Gasteiger partial charge >= 0.3 is 0 Å². The number of hydrogen-bond donors (Lipinski definition) is 1. The van der Waals surface area contributed by atoms with Gasteiger partial charge in [0.25, 0.3) is 5.91 Å². The summed E-state index contributed by atoms with van der Waals surface area (Å²) in [4.78, 5) is 18.9. The smallest absolute Gasteiger partial charge is 0.257 e. The number of aryl methyl sites for hydroxylation is 2. The van der Waals surface area contributed by atoms with Crippen molar-refractivity contribution in [2.24, 2.45) is 0 Å². The van der Waals surface area contributed by atoms with Crippen molar-refractivity contribution in [1.29, 1.82) is 0 Å². The van der Waals surface area contributed by atoms with Crippen molar-refractivity contribution in [3.05, 3.63) is 45.4 Å². The molecule has 0 radical (unpaired) electrons. The van der Waals surface area contributed by atoms with Crippen LogP contribution in [0.1, 0.15) is 45.4 Å². The van der Waals surface area contributed by atoms with E-state index in [9.17, 15) is 9.90 Å². The van der Waals surface area contributed by atoms with Crippen molar-refractivity contribution >= 4 is 17.2 Å². The van der Waals surface area contributed by atoms with Gasteiger partial charge in [0, 0.05) is 30.1 Å². The van der Waals surface area contributed by atoms with E-state index in [2.05, 4.69) is 10.4 Å². The third kappa shape index (κ3) is 2.99. The number of rotatable bonds is 2. The minimum atomic E-state index is -0.0775. The Morgan fingerprint density at radius 3 is 2.64 bits per heavy atom. The summed E-state index contributed by atoms with van der Waals surface area (Å²) in [5, 5.41) is 13.2. The highest BCUT2D eigenvalue weighted by Gasteiger charge is 2.27. The largest absolute Gasteiger partial charge is 0.507 e. The first kappa shape index (κ1) is 15.0. The standard InChI is InChI=1S/C17H20N2O2S/c1-11-3-4-14(15(20)9-11)17(21)19-7-5-13(6-8-19)16-18-12(2)10-22-16/h3-4,9-10,13,20H,5-8H2,1-2H3. The van der Waals surface area contributed by atoms with E-state index in [1.807, 2.05) is 24.8 Å². The maximum absolute atomic E-state index is 12.5. The van der Waals surface area contributed by atoms with Crippen LogP contribution in [0.2, 0.25) is 0 Å². The zero-order valence-electron chi connectivity index (χ0n) is 12.9. The number of carbonyl (C=O) groups excluding carboxylic acids is 1. The van der Waals surface area contributed by atoms with Crippen molar-refractivity contribution in [3.63, 3.8) is 0 Å². The molecule has 1 aromatic heterocycles. The van der Waals surface area contributed by atoms with Crippen LogP contribution in [0.3, 0.4) is 0 Å². The van der Waals surface area contributed by atoms with E-state index in [-0.39, 0.29) is 11.7 Å². The molecule has 22 heavy (non-hydrogen) atoms. The van der Waals surface area contributed by atoms with E-state index in [0.717, 1.165) is 37.2 Å². The molecule has 1 N–H and O–H groups in total. The van der Waals surface area contributed by atoms with Gasteiger partial charge in [0.15, 0.2) is 0 Å². The molecule has 0 atom stereocenters. The molecule has 2 heterocycles. The van der Waals surface area contributed by atoms with Gasteiger partial charge in [-0.15, -0.1) is 11.3 Å². The van der Waals surface area contributed by atoms with Gasteiger partial charge in [-0.05, 0) is 44.4 Å². The Bertz CT molecular complexity index is 688. The third-order valence-corrected chi connectivity index (χ3v) is 5.28. The van der Waals surface area contributed by atoms with Gasteiger partial charge in [0.1, 0.15) is 5.75 Å². The van der Waals surface area contributed by atoms with Crippen LogP contribution in [0, 0.1) is 13.8 Å². The van der Waals surface area contributed by atoms with E-state index < -0.39 is 0 Å². The predicted molar refractivity (Wildman–Crippen MR) is 87.6 cm³/mol. The maximum atomic E-state index is 12.5. The number of thiazole rings is 1. The summed E-state index contributed by atoms with van der Waals surface area (Å²) < 4.78 is 0. The minimum Gasteiger partial charge on any atom is -0.507 e. The Morgan fingerprint density at radius 2 is 2.05 bits per heavy atom. The topological polar surface area (TPSA) is 53.4 Å². The molecule has 0 saturated carbocycles. The van der Waals surface area contributed by atoms with Crippen LogP contribution in [0.4, 0.5) is 0 Å². The molecule has 1 aliphatic rings. The second-order valence-corrected chi connectivity index (χ2v) is 6.80. The Hall–Kier alpha value is -1.88. The second-order valence-electron chi connectivity index (χ2n) is 5.91. The molecule has 1 saturated heterocycles. The Balaban J connectivity index is 1.67. The van der Waals surface area contributed by atoms with E-state index in [1.165, 1.54) is 5.01 Å². The average molecular weight is 316 g/mol. The molecule has 2 aromatic rings. The highest BCUT2D eigenvalue weighted by Crippen LogP contribution is 2.31. The molecule has 0 unspecified atom stereocenters. The number of benzene rings is 1. The van der Waals surface area contributed by atoms with Gasteiger partial charge in [0.2, 0.25) is 0 Å². The second kappa shape index (κ2) is 6.08. The number of likely N-dealkylation sites (tertiary alicyclic amines) is 1. The number of aromatic hydroxyl groups is 1. The molecule has 3 rings (SSSR count). The number of phenols is 1. The van der Waals surface area contributed by atoms with Gasteiger partial charge in [-0.25, -0.2) is 4.98 Å². The van der Waals surface area contributed by atoms with Crippen LogP contribution < -0.4 is 0 Å². The van der Waals surface area contributed by atoms with Crippen LogP contribution in [0.25, 0.3) is 0 Å². The Labute approximate surface area is 134 Å². The number of hydrogen-bond acceptors (Lipinski definition) is 4. The summed E-state index contributed by atoms with van der Waals surface area (Å²) in [6, 6.07) is 5.21. The normalized spacial score (nSPS) is 16.0. The maximum Gasteiger partial charge on any atom is 0.257 e. The summed E-state index contributed by atoms with van der Waals surface area (Å²) in [6.45, 7) is 5.35. The predicted octanol–water partition coefficient (Wildman–Crippen LogP) is 3.49. The Morgan fingerprint density at radius 1 is 1.32 bits per heavy atom. The summed E-state index contributed by atoms with van der Waals surface area (Å²) in [5.74, 6) is 0.448. The Kier molecular flexibility index (Phi) is 4.16. The first-order valence-corrected chi connectivity index (χ1v) is 8.43. The first-order valence-electron chi connectivity index (χ1n) is 7.55. The van der Waals surface area contributed by atoms with Crippen LogP contribution in [0.5, 0.6) is 5.75 Å². The highest BCUT2D eigenvalue weighted by molar-refractivity contribution is 7.09. The van der Waals surface area contributed by atoms with Crippen LogP contribution >= 0.6 is 11.3 Å². The third-order valence-electron chi connectivity index (χ3n) is 4.15. The molecular weight excluding hydrogens is 296 g/mol. The van der Waals surface area contributed by atoms with Gasteiger partial charge in [0.05, 0.1) is 10.6 Å². The number of amides is 1. The van der Waals surface area contributed by atoms with Gasteiger partial charge in [-0.1, -0.05) is 6.07 Å². The highest BCUT2D eigenvalue weighted by atomic mass is 32.1. The van der Waals surface area contributed by atoms with Gasteiger partial charge in [-0.2, -0.15) is 0 Å². The summed E-state index contributed by atoms with van der Waals surface area (Å²) in [5.41, 5.74) is 2.42. The first-order chi connectivity index (χ1) is 10.5. The molecule has 4 nitrogen and oxygen atoms in total. The molecule has 1 amide bonds. The van der Waals surface area contributed by atoms with Gasteiger partial charge in [-0.3, -0.25) is 4.79 Å². The number of phenolic OH excluding ortho intramolecular Hbond substituents is 1. The molecular formula is C17H20N2O2S. The lowest BCUT2D eigenvalue weighted by Gasteiger charge is -2.31. The molecule has 0 aliphatic carbocycles. The van der Waals surface area contributed by atoms with Crippen LogP contribution in [0.15, 0.2) is 23.6 Å². The average Bonchev–Trinajstić information content (AvgIpc) is 2.93. The van der Waals surface area contributed by atoms with E-state index in [1.54, 1.807) is 23.5 Å². The van der Waals surface area contributed by atoms with Crippen molar-refractivity contribution in [1.82, 2.24) is 9.88 Å². The molecule has 5 heteroatoms. The van der Waals surface area contributed by atoms with Crippen molar-refractivity contribution in [2.45, 2.75) is 32.6 Å². The SMILES string of the molecule is Cc1ccc(C(=O)N2CCC(c3nc(C)cs3)CC2)c(O)c1. The van der Waals surface area contributed by atoms with Crippen molar-refractivity contribution in [3.8, 4) is 5.75 Å². The van der Waals surface area contributed by atoms with Gasteiger partial charge < -0.3 is 10.0 Å². The zero-order chi connectivity index (χ0) is 15.7. The quantitative estimate of drug-likeness (QED) is 0.923. The lowest BCUT2D eigenvalue weighted by atomic mass is 9.97. The molecule has 1 fully saturated rings. The lowest BCUT2D eigenvalue weighted by molar-refractivity contribution is 0.0710. The fraction of sp³-hybridized carbons (Fsp3) is 0.412. The summed E-state index contributed by atoms with van der Waals surface area (Å²) >= 11 is 1.71. The molecule has 1 aliphatic heterocycles. The number of piperidine rings is 1. The fourth-order valence-corrected chi connectivity index (χ4v) is 3.85. The molecule has 116 valence electrons. The lowest BCUT2D eigenvalue weighted by Crippen LogP contribution is -2.37. The number of carbonyl (C=O) groups is 1.